The molecule has 0 unspecified atom stereocenters. The fourth-order valence-electron chi connectivity index (χ4n) is 2.39. The van der Waals surface area contributed by atoms with Crippen molar-refractivity contribution in [3.05, 3.63) is 41.7 Å². The van der Waals surface area contributed by atoms with Gasteiger partial charge in [0.15, 0.2) is 0 Å². The lowest BCUT2D eigenvalue weighted by Gasteiger charge is -2.38. The first-order chi connectivity index (χ1) is 8.66. The second-order valence-electron chi connectivity index (χ2n) is 4.79. The molecule has 0 bridgehead atoms. The van der Waals surface area contributed by atoms with Gasteiger partial charge in [-0.25, -0.2) is 0 Å². The van der Waals surface area contributed by atoms with Crippen LogP contribution >= 0.6 is 11.6 Å². The number of aromatic nitrogens is 1. The van der Waals surface area contributed by atoms with E-state index in [2.05, 4.69) is 34.4 Å². The smallest absolute Gasteiger partial charge is 0.0336 e. The Labute approximate surface area is 114 Å². The lowest BCUT2D eigenvalue weighted by Crippen LogP contribution is -2.47. The number of rotatable bonds is 4. The summed E-state index contributed by atoms with van der Waals surface area (Å²) in [7, 11) is 0. The zero-order valence-electron chi connectivity index (χ0n) is 10.8. The van der Waals surface area contributed by atoms with Gasteiger partial charge in [0.1, 0.15) is 0 Å². The maximum Gasteiger partial charge on any atom is 0.0336 e. The minimum atomic E-state index is 0.431. The normalized spacial score (nSPS) is 19.7. The van der Waals surface area contributed by atoms with Crippen LogP contribution in [0.15, 0.2) is 36.1 Å². The zero-order chi connectivity index (χ0) is 13.0. The number of hydrogen-bond acceptors (Lipinski definition) is 3. The van der Waals surface area contributed by atoms with E-state index in [9.17, 15) is 0 Å². The topological polar surface area (TPSA) is 19.4 Å². The van der Waals surface area contributed by atoms with Crippen molar-refractivity contribution in [2.24, 2.45) is 0 Å². The Hall–Kier alpha value is -0.900. The highest BCUT2D eigenvalue weighted by Gasteiger charge is 2.21. The Morgan fingerprint density at radius 2 is 2.17 bits per heavy atom. The van der Waals surface area contributed by atoms with Gasteiger partial charge in [-0.15, -0.1) is 0 Å². The Morgan fingerprint density at radius 1 is 1.44 bits per heavy atom. The quantitative estimate of drug-likeness (QED) is 0.834. The van der Waals surface area contributed by atoms with Crippen LogP contribution in [0.3, 0.4) is 0 Å². The molecule has 0 amide bonds. The third-order valence-electron chi connectivity index (χ3n) is 3.52. The summed E-state index contributed by atoms with van der Waals surface area (Å²) in [6.07, 6.45) is 3.78. The molecule has 18 heavy (non-hydrogen) atoms. The zero-order valence-corrected chi connectivity index (χ0v) is 11.6. The molecule has 1 aromatic heterocycles. The van der Waals surface area contributed by atoms with Gasteiger partial charge in [-0.1, -0.05) is 24.2 Å². The molecule has 1 aromatic rings. The van der Waals surface area contributed by atoms with Crippen molar-refractivity contribution < 1.29 is 0 Å². The monoisotopic (exact) mass is 265 g/mol. The summed E-state index contributed by atoms with van der Waals surface area (Å²) in [4.78, 5) is 9.03. The van der Waals surface area contributed by atoms with Crippen molar-refractivity contribution in [1.82, 2.24) is 14.8 Å². The van der Waals surface area contributed by atoms with Crippen molar-refractivity contribution in [1.29, 1.82) is 0 Å². The third-order valence-corrected chi connectivity index (χ3v) is 3.64. The average molecular weight is 266 g/mol. The van der Waals surface area contributed by atoms with Crippen LogP contribution in [0.25, 0.3) is 0 Å². The lowest BCUT2D eigenvalue weighted by molar-refractivity contribution is 0.109. The molecular weight excluding hydrogens is 246 g/mol. The summed E-state index contributed by atoms with van der Waals surface area (Å²) in [5.74, 6) is 0. The minimum Gasteiger partial charge on any atom is -0.296 e. The van der Waals surface area contributed by atoms with Gasteiger partial charge in [0.2, 0.25) is 0 Å². The van der Waals surface area contributed by atoms with Gasteiger partial charge in [-0.2, -0.15) is 0 Å². The molecule has 1 aliphatic heterocycles. The van der Waals surface area contributed by atoms with E-state index in [4.69, 9.17) is 11.6 Å². The Bertz CT molecular complexity index is 385. The Kier molecular flexibility index (Phi) is 4.75. The molecule has 0 radical (unpaired) electrons. The highest BCUT2D eigenvalue weighted by Crippen LogP contribution is 2.20. The summed E-state index contributed by atoms with van der Waals surface area (Å²) in [5, 5.41) is 0.726. The number of nitrogens with zero attached hydrogens (tertiary/aromatic N) is 3. The number of halogens is 1. The van der Waals surface area contributed by atoms with Crippen molar-refractivity contribution in [2.45, 2.75) is 13.0 Å². The van der Waals surface area contributed by atoms with E-state index in [0.717, 1.165) is 37.8 Å². The molecule has 1 atom stereocenters. The van der Waals surface area contributed by atoms with E-state index >= 15 is 0 Å². The molecule has 0 aliphatic carbocycles. The van der Waals surface area contributed by atoms with Crippen LogP contribution in [0, 0.1) is 0 Å². The van der Waals surface area contributed by atoms with Crippen LogP contribution < -0.4 is 0 Å². The predicted octanol–water partition coefficient (Wildman–Crippen LogP) is 2.51. The molecule has 98 valence electrons. The number of hydrogen-bond donors (Lipinski definition) is 0. The van der Waals surface area contributed by atoms with Crippen molar-refractivity contribution in [3.8, 4) is 0 Å². The predicted molar refractivity (Wildman–Crippen MR) is 75.7 cm³/mol. The fourth-order valence-corrected chi connectivity index (χ4v) is 2.55. The van der Waals surface area contributed by atoms with E-state index in [1.165, 1.54) is 5.56 Å². The van der Waals surface area contributed by atoms with E-state index in [1.807, 2.05) is 18.5 Å². The van der Waals surface area contributed by atoms with Crippen LogP contribution in [0.2, 0.25) is 0 Å². The van der Waals surface area contributed by atoms with Crippen LogP contribution in [-0.4, -0.2) is 47.5 Å². The molecular formula is C14H20ClN3. The van der Waals surface area contributed by atoms with Gasteiger partial charge >= 0.3 is 0 Å². The van der Waals surface area contributed by atoms with Gasteiger partial charge in [-0.05, 0) is 18.6 Å². The van der Waals surface area contributed by atoms with Crippen LogP contribution in [0.4, 0.5) is 0 Å². The second-order valence-corrected chi connectivity index (χ2v) is 5.33. The van der Waals surface area contributed by atoms with Crippen molar-refractivity contribution in [3.63, 3.8) is 0 Å². The maximum absolute atomic E-state index is 5.85. The second kappa shape index (κ2) is 6.32. The molecule has 2 heterocycles. The first-order valence-electron chi connectivity index (χ1n) is 6.36. The molecule has 0 N–H and O–H groups in total. The third kappa shape index (κ3) is 3.55. The lowest BCUT2D eigenvalue weighted by atomic mass is 10.1. The standard InChI is InChI=1S/C14H20ClN3/c1-12(15)11-17-6-8-18(9-7-17)13(2)14-4-3-5-16-10-14/h3-5,10,13H,1,6-9,11H2,2H3/t13-/m1/s1. The van der Waals surface area contributed by atoms with Gasteiger partial charge in [0.25, 0.3) is 0 Å². The minimum absolute atomic E-state index is 0.431. The average Bonchev–Trinajstić information content (AvgIpc) is 2.39. The molecule has 4 heteroatoms. The van der Waals surface area contributed by atoms with E-state index < -0.39 is 0 Å². The van der Waals surface area contributed by atoms with E-state index in [0.29, 0.717) is 6.04 Å². The Balaban J connectivity index is 1.88. The summed E-state index contributed by atoms with van der Waals surface area (Å²) in [6.45, 7) is 11.0. The molecule has 1 aliphatic rings. The highest BCUT2D eigenvalue weighted by molar-refractivity contribution is 6.29. The first-order valence-corrected chi connectivity index (χ1v) is 6.74. The van der Waals surface area contributed by atoms with E-state index in [1.54, 1.807) is 0 Å². The molecule has 0 saturated carbocycles. The van der Waals surface area contributed by atoms with Gasteiger partial charge in [0, 0.05) is 56.2 Å². The molecule has 0 spiro atoms. The van der Waals surface area contributed by atoms with E-state index in [-0.39, 0.29) is 0 Å². The maximum atomic E-state index is 5.85. The molecule has 3 nitrogen and oxygen atoms in total. The summed E-state index contributed by atoms with van der Waals surface area (Å²) < 4.78 is 0. The van der Waals surface area contributed by atoms with Crippen LogP contribution in [0.1, 0.15) is 18.5 Å². The first kappa shape index (κ1) is 13.5. The summed E-state index contributed by atoms with van der Waals surface area (Å²) >= 11 is 5.85. The number of pyridine rings is 1. The molecule has 0 aromatic carbocycles. The van der Waals surface area contributed by atoms with Crippen molar-refractivity contribution in [2.75, 3.05) is 32.7 Å². The molecule has 1 saturated heterocycles. The summed E-state index contributed by atoms with van der Waals surface area (Å²) in [6, 6.07) is 4.57. The van der Waals surface area contributed by atoms with Crippen molar-refractivity contribution >= 4 is 11.6 Å². The summed E-state index contributed by atoms with van der Waals surface area (Å²) in [5.41, 5.74) is 1.28. The Morgan fingerprint density at radius 3 is 2.72 bits per heavy atom. The van der Waals surface area contributed by atoms with Gasteiger partial charge in [-0.3, -0.25) is 14.8 Å². The largest absolute Gasteiger partial charge is 0.296 e. The van der Waals surface area contributed by atoms with Crippen LogP contribution in [0.5, 0.6) is 0 Å². The molecule has 1 fully saturated rings. The van der Waals surface area contributed by atoms with Gasteiger partial charge in [0.05, 0.1) is 0 Å². The van der Waals surface area contributed by atoms with Crippen LogP contribution in [-0.2, 0) is 0 Å². The fraction of sp³-hybridized carbons (Fsp3) is 0.500. The number of piperazine rings is 1. The highest BCUT2D eigenvalue weighted by atomic mass is 35.5. The molecule has 2 rings (SSSR count). The van der Waals surface area contributed by atoms with Gasteiger partial charge < -0.3 is 0 Å². The SMILES string of the molecule is C=C(Cl)CN1CCN([C@H](C)c2cccnc2)CC1.